The zero-order valence-electron chi connectivity index (χ0n) is 11.9. The Morgan fingerprint density at radius 2 is 2.25 bits per heavy atom. The average Bonchev–Trinajstić information content (AvgIpc) is 2.79. The van der Waals surface area contributed by atoms with Crippen LogP contribution in [0.4, 0.5) is 4.39 Å². The zero-order valence-corrected chi connectivity index (χ0v) is 13.5. The Bertz CT molecular complexity index is 570. The van der Waals surface area contributed by atoms with Crippen LogP contribution in [0.2, 0.25) is 0 Å². The highest BCUT2D eigenvalue weighted by Crippen LogP contribution is 2.26. The van der Waals surface area contributed by atoms with E-state index in [4.69, 9.17) is 11.6 Å². The molecule has 0 spiro atoms. The summed E-state index contributed by atoms with van der Waals surface area (Å²) in [6.45, 7) is 4.33. The molecule has 2 aromatic rings. The molecule has 0 radical (unpaired) electrons. The molecule has 110 valence electrons. The summed E-state index contributed by atoms with van der Waals surface area (Å²) in [5.74, 6) is 3.36. The van der Waals surface area contributed by atoms with Gasteiger partial charge in [0.05, 0.1) is 5.52 Å². The molecular formula is C15H20ClFN2S. The molecule has 0 aliphatic rings. The quantitative estimate of drug-likeness (QED) is 0.546. The van der Waals surface area contributed by atoms with Crippen LogP contribution in [-0.2, 0) is 6.42 Å². The van der Waals surface area contributed by atoms with E-state index >= 15 is 0 Å². The predicted octanol–water partition coefficient (Wildman–Crippen LogP) is 4.66. The molecule has 1 aromatic heterocycles. The van der Waals surface area contributed by atoms with Crippen LogP contribution in [0, 0.1) is 5.82 Å². The Hall–Kier alpha value is -0.740. The molecule has 0 amide bonds. The van der Waals surface area contributed by atoms with Gasteiger partial charge >= 0.3 is 0 Å². The Labute approximate surface area is 128 Å². The number of hydrogen-bond acceptors (Lipinski definition) is 2. The number of nitrogens with zero attached hydrogens (tertiary/aromatic N) is 2. The van der Waals surface area contributed by atoms with Crippen molar-refractivity contribution in [3.05, 3.63) is 29.8 Å². The van der Waals surface area contributed by atoms with Gasteiger partial charge in [0, 0.05) is 18.3 Å². The lowest BCUT2D eigenvalue weighted by Crippen LogP contribution is -2.11. The van der Waals surface area contributed by atoms with E-state index in [2.05, 4.69) is 23.4 Å². The number of thioether (sulfide) groups is 1. The summed E-state index contributed by atoms with van der Waals surface area (Å²) in [6, 6.07) is 5.45. The number of aromatic nitrogens is 2. The number of halogens is 2. The maximum Gasteiger partial charge on any atom is 0.151 e. The third kappa shape index (κ3) is 3.29. The molecule has 1 aromatic carbocycles. The fourth-order valence-electron chi connectivity index (χ4n) is 2.41. The minimum absolute atomic E-state index is 0.257. The van der Waals surface area contributed by atoms with Gasteiger partial charge in [-0.15, -0.1) is 11.6 Å². The molecule has 0 N–H and O–H groups in total. The zero-order chi connectivity index (χ0) is 14.5. The van der Waals surface area contributed by atoms with Gasteiger partial charge in [0.2, 0.25) is 0 Å². The lowest BCUT2D eigenvalue weighted by atomic mass is 10.2. The van der Waals surface area contributed by atoms with Crippen LogP contribution in [0.25, 0.3) is 11.0 Å². The summed E-state index contributed by atoms with van der Waals surface area (Å²) in [5.41, 5.74) is 1.33. The first-order valence-electron chi connectivity index (χ1n) is 6.98. The van der Waals surface area contributed by atoms with Crippen LogP contribution in [0.1, 0.15) is 32.1 Å². The molecule has 0 bridgehead atoms. The molecule has 2 nitrogen and oxygen atoms in total. The van der Waals surface area contributed by atoms with Crippen molar-refractivity contribution in [2.75, 3.05) is 17.4 Å². The first-order valence-corrected chi connectivity index (χ1v) is 8.67. The molecule has 5 heteroatoms. The largest absolute Gasteiger partial charge is 0.325 e. The summed E-state index contributed by atoms with van der Waals surface area (Å²) in [4.78, 5) is 4.45. The molecule has 1 unspecified atom stereocenters. The van der Waals surface area contributed by atoms with Crippen molar-refractivity contribution >= 4 is 34.4 Å². The van der Waals surface area contributed by atoms with Crippen molar-refractivity contribution in [1.29, 1.82) is 0 Å². The van der Waals surface area contributed by atoms with Crippen molar-refractivity contribution in [2.45, 2.75) is 32.7 Å². The number of aryl methyl sites for hydroxylation is 1. The number of alkyl halides is 1. The molecule has 0 fully saturated rings. The number of rotatable bonds is 7. The van der Waals surface area contributed by atoms with Crippen LogP contribution >= 0.6 is 23.4 Å². The topological polar surface area (TPSA) is 17.8 Å². The van der Waals surface area contributed by atoms with Crippen LogP contribution in [0.15, 0.2) is 18.2 Å². The van der Waals surface area contributed by atoms with Gasteiger partial charge in [0.15, 0.2) is 5.82 Å². The Balaban J connectivity index is 2.37. The average molecular weight is 315 g/mol. The molecule has 2 rings (SSSR count). The van der Waals surface area contributed by atoms with Gasteiger partial charge in [0.1, 0.15) is 11.3 Å². The van der Waals surface area contributed by atoms with Crippen LogP contribution in [-0.4, -0.2) is 26.9 Å². The minimum atomic E-state index is -0.257. The lowest BCUT2D eigenvalue weighted by Gasteiger charge is -2.17. The van der Waals surface area contributed by atoms with Gasteiger partial charge < -0.3 is 4.57 Å². The second-order valence-electron chi connectivity index (χ2n) is 4.78. The third-order valence-electron chi connectivity index (χ3n) is 3.39. The summed E-state index contributed by atoms with van der Waals surface area (Å²) < 4.78 is 16.0. The van der Waals surface area contributed by atoms with E-state index in [0.717, 1.165) is 29.3 Å². The van der Waals surface area contributed by atoms with E-state index in [0.29, 0.717) is 23.9 Å². The SMILES string of the molecule is CCSCCC(C)n1c(CCCl)nc2c(F)cccc21. The number of para-hydroxylation sites is 1. The normalized spacial score (nSPS) is 13.0. The van der Waals surface area contributed by atoms with E-state index in [1.807, 2.05) is 17.8 Å². The Kier molecular flexibility index (Phi) is 5.73. The van der Waals surface area contributed by atoms with E-state index in [-0.39, 0.29) is 5.82 Å². The van der Waals surface area contributed by atoms with Crippen molar-refractivity contribution in [3.63, 3.8) is 0 Å². The molecule has 20 heavy (non-hydrogen) atoms. The van der Waals surface area contributed by atoms with E-state index in [9.17, 15) is 4.39 Å². The number of imidazole rings is 1. The standard InChI is InChI=1S/C15H20ClFN2S/c1-3-20-10-8-11(2)19-13-6-4-5-12(17)15(13)18-14(19)7-9-16/h4-6,11H,3,7-10H2,1-2H3. The fourth-order valence-corrected chi connectivity index (χ4v) is 3.38. The first-order chi connectivity index (χ1) is 9.69. The van der Waals surface area contributed by atoms with Gasteiger partial charge in [-0.1, -0.05) is 13.0 Å². The predicted molar refractivity (Wildman–Crippen MR) is 86.4 cm³/mol. The van der Waals surface area contributed by atoms with Gasteiger partial charge in [0.25, 0.3) is 0 Å². The molecule has 1 heterocycles. The third-order valence-corrected chi connectivity index (χ3v) is 4.51. The number of hydrogen-bond donors (Lipinski definition) is 0. The van der Waals surface area contributed by atoms with Gasteiger partial charge in [-0.3, -0.25) is 0 Å². The Morgan fingerprint density at radius 1 is 1.45 bits per heavy atom. The summed E-state index contributed by atoms with van der Waals surface area (Å²) in [5, 5.41) is 0. The molecule has 0 saturated heterocycles. The first kappa shape index (κ1) is 15.6. The Morgan fingerprint density at radius 3 is 2.95 bits per heavy atom. The van der Waals surface area contributed by atoms with Crippen molar-refractivity contribution in [1.82, 2.24) is 9.55 Å². The molecular weight excluding hydrogens is 295 g/mol. The smallest absolute Gasteiger partial charge is 0.151 e. The van der Waals surface area contributed by atoms with E-state index in [1.165, 1.54) is 6.07 Å². The van der Waals surface area contributed by atoms with Crippen molar-refractivity contribution in [2.24, 2.45) is 0 Å². The second-order valence-corrected chi connectivity index (χ2v) is 6.55. The van der Waals surface area contributed by atoms with Gasteiger partial charge in [-0.2, -0.15) is 11.8 Å². The summed E-state index contributed by atoms with van der Waals surface area (Å²) >= 11 is 7.78. The number of benzene rings is 1. The fraction of sp³-hybridized carbons (Fsp3) is 0.533. The van der Waals surface area contributed by atoms with Crippen LogP contribution in [0.3, 0.4) is 0 Å². The van der Waals surface area contributed by atoms with Crippen molar-refractivity contribution < 1.29 is 4.39 Å². The van der Waals surface area contributed by atoms with Gasteiger partial charge in [-0.05, 0) is 37.0 Å². The highest BCUT2D eigenvalue weighted by atomic mass is 35.5. The minimum Gasteiger partial charge on any atom is -0.325 e. The van der Waals surface area contributed by atoms with E-state index in [1.54, 1.807) is 6.07 Å². The van der Waals surface area contributed by atoms with Gasteiger partial charge in [-0.25, -0.2) is 9.37 Å². The lowest BCUT2D eigenvalue weighted by molar-refractivity contribution is 0.528. The highest BCUT2D eigenvalue weighted by Gasteiger charge is 2.17. The van der Waals surface area contributed by atoms with Crippen LogP contribution < -0.4 is 0 Å². The second kappa shape index (κ2) is 7.32. The molecule has 0 saturated carbocycles. The van der Waals surface area contributed by atoms with Crippen LogP contribution in [0.5, 0.6) is 0 Å². The van der Waals surface area contributed by atoms with Crippen molar-refractivity contribution in [3.8, 4) is 0 Å². The molecule has 0 aliphatic heterocycles. The highest BCUT2D eigenvalue weighted by molar-refractivity contribution is 7.99. The molecule has 0 aliphatic carbocycles. The summed E-state index contributed by atoms with van der Waals surface area (Å²) in [6.07, 6.45) is 1.72. The monoisotopic (exact) mass is 314 g/mol. The summed E-state index contributed by atoms with van der Waals surface area (Å²) in [7, 11) is 0. The number of fused-ring (bicyclic) bond motifs is 1. The molecule has 1 atom stereocenters. The van der Waals surface area contributed by atoms with E-state index < -0.39 is 0 Å². The maximum atomic E-state index is 13.9. The maximum absolute atomic E-state index is 13.9.